The maximum absolute atomic E-state index is 12.0. The van der Waals surface area contributed by atoms with Crippen molar-refractivity contribution in [2.24, 2.45) is 0 Å². The van der Waals surface area contributed by atoms with Crippen LogP contribution < -0.4 is 20.5 Å². The Balaban J connectivity index is 1.75. The number of methoxy groups -OCH3 is 2. The average molecular weight is 328 g/mol. The Hall–Kier alpha value is -2.69. The molecule has 2 rings (SSSR count). The fourth-order valence-electron chi connectivity index (χ4n) is 2.41. The summed E-state index contributed by atoms with van der Waals surface area (Å²) in [4.78, 5) is 12.0. The molecule has 0 saturated heterocycles. The summed E-state index contributed by atoms with van der Waals surface area (Å²) in [6.07, 6.45) is 1.90. The SMILES string of the molecule is COc1ccc(CCC(=O)NCCc2ccc(N)cc2)cc1OC. The molecule has 0 heterocycles. The lowest BCUT2D eigenvalue weighted by atomic mass is 10.1. The fourth-order valence-corrected chi connectivity index (χ4v) is 2.41. The number of hydrogen-bond acceptors (Lipinski definition) is 4. The van der Waals surface area contributed by atoms with Crippen LogP contribution in [0.2, 0.25) is 0 Å². The van der Waals surface area contributed by atoms with E-state index in [1.807, 2.05) is 42.5 Å². The first-order valence-electron chi connectivity index (χ1n) is 7.94. The minimum atomic E-state index is 0.0419. The van der Waals surface area contributed by atoms with E-state index in [0.717, 1.165) is 23.2 Å². The van der Waals surface area contributed by atoms with Gasteiger partial charge in [-0.3, -0.25) is 4.79 Å². The molecule has 2 aromatic carbocycles. The summed E-state index contributed by atoms with van der Waals surface area (Å²) in [6.45, 7) is 0.620. The van der Waals surface area contributed by atoms with E-state index >= 15 is 0 Å². The van der Waals surface area contributed by atoms with Gasteiger partial charge in [-0.1, -0.05) is 18.2 Å². The molecule has 0 aliphatic carbocycles. The largest absolute Gasteiger partial charge is 0.493 e. The van der Waals surface area contributed by atoms with Crippen LogP contribution in [0.3, 0.4) is 0 Å². The van der Waals surface area contributed by atoms with E-state index in [1.54, 1.807) is 14.2 Å². The van der Waals surface area contributed by atoms with Crippen LogP contribution in [0.4, 0.5) is 5.69 Å². The molecule has 0 spiro atoms. The van der Waals surface area contributed by atoms with Gasteiger partial charge in [0.1, 0.15) is 0 Å². The zero-order chi connectivity index (χ0) is 17.4. The van der Waals surface area contributed by atoms with Gasteiger partial charge in [-0.15, -0.1) is 0 Å². The standard InChI is InChI=1S/C19H24N2O3/c1-23-17-9-5-15(13-18(17)24-2)6-10-19(22)21-12-11-14-3-7-16(20)8-4-14/h3-5,7-9,13H,6,10-12,20H2,1-2H3,(H,21,22). The van der Waals surface area contributed by atoms with Gasteiger partial charge in [-0.25, -0.2) is 0 Å². The minimum Gasteiger partial charge on any atom is -0.493 e. The van der Waals surface area contributed by atoms with Crippen molar-refractivity contribution in [3.63, 3.8) is 0 Å². The number of nitrogen functional groups attached to an aromatic ring is 1. The molecule has 0 aromatic heterocycles. The smallest absolute Gasteiger partial charge is 0.220 e. The third-order valence-electron chi connectivity index (χ3n) is 3.80. The van der Waals surface area contributed by atoms with Gasteiger partial charge in [0, 0.05) is 18.7 Å². The minimum absolute atomic E-state index is 0.0419. The van der Waals surface area contributed by atoms with Gasteiger partial charge in [0.05, 0.1) is 14.2 Å². The first kappa shape index (κ1) is 17.7. The van der Waals surface area contributed by atoms with Gasteiger partial charge in [0.15, 0.2) is 11.5 Å². The van der Waals surface area contributed by atoms with E-state index in [0.29, 0.717) is 30.9 Å². The van der Waals surface area contributed by atoms with Crippen LogP contribution in [0, 0.1) is 0 Å². The maximum atomic E-state index is 12.0. The van der Waals surface area contributed by atoms with Crippen molar-refractivity contribution < 1.29 is 14.3 Å². The second-order valence-corrected chi connectivity index (χ2v) is 5.53. The number of benzene rings is 2. The van der Waals surface area contributed by atoms with Crippen molar-refractivity contribution in [1.82, 2.24) is 5.32 Å². The second kappa shape index (κ2) is 8.82. The molecule has 0 unspecified atom stereocenters. The molecule has 5 heteroatoms. The van der Waals surface area contributed by atoms with E-state index in [9.17, 15) is 4.79 Å². The van der Waals surface area contributed by atoms with Crippen molar-refractivity contribution in [2.45, 2.75) is 19.3 Å². The van der Waals surface area contributed by atoms with Crippen LogP contribution in [0.15, 0.2) is 42.5 Å². The topological polar surface area (TPSA) is 73.6 Å². The Labute approximate surface area is 142 Å². The second-order valence-electron chi connectivity index (χ2n) is 5.53. The molecule has 0 fully saturated rings. The van der Waals surface area contributed by atoms with Crippen molar-refractivity contribution in [3.05, 3.63) is 53.6 Å². The summed E-state index contributed by atoms with van der Waals surface area (Å²) in [6, 6.07) is 13.4. The Morgan fingerprint density at radius 1 is 0.958 bits per heavy atom. The quantitative estimate of drug-likeness (QED) is 0.731. The predicted octanol–water partition coefficient (Wildman–Crippen LogP) is 2.58. The first-order chi connectivity index (χ1) is 11.6. The van der Waals surface area contributed by atoms with E-state index in [4.69, 9.17) is 15.2 Å². The van der Waals surface area contributed by atoms with Gasteiger partial charge in [0.25, 0.3) is 0 Å². The monoisotopic (exact) mass is 328 g/mol. The number of hydrogen-bond donors (Lipinski definition) is 2. The molecule has 1 amide bonds. The van der Waals surface area contributed by atoms with Crippen LogP contribution in [-0.2, 0) is 17.6 Å². The highest BCUT2D eigenvalue weighted by atomic mass is 16.5. The van der Waals surface area contributed by atoms with Crippen LogP contribution in [0.1, 0.15) is 17.5 Å². The number of nitrogens with one attached hydrogen (secondary N) is 1. The molecule has 2 aromatic rings. The lowest BCUT2D eigenvalue weighted by Crippen LogP contribution is -2.25. The molecule has 0 radical (unpaired) electrons. The summed E-state index contributed by atoms with van der Waals surface area (Å²) in [5.41, 5.74) is 8.60. The summed E-state index contributed by atoms with van der Waals surface area (Å²) in [5, 5.41) is 2.94. The Morgan fingerprint density at radius 2 is 1.62 bits per heavy atom. The highest BCUT2D eigenvalue weighted by molar-refractivity contribution is 5.76. The molecule has 5 nitrogen and oxygen atoms in total. The molecule has 0 aliphatic rings. The highest BCUT2D eigenvalue weighted by Crippen LogP contribution is 2.27. The van der Waals surface area contributed by atoms with E-state index in [2.05, 4.69) is 5.32 Å². The molecule has 0 aliphatic heterocycles. The fraction of sp³-hybridized carbons (Fsp3) is 0.316. The predicted molar refractivity (Wildman–Crippen MR) is 95.4 cm³/mol. The van der Waals surface area contributed by atoms with Crippen LogP contribution in [0.5, 0.6) is 11.5 Å². The molecule has 0 atom stereocenters. The Bertz CT molecular complexity index is 669. The number of carbonyl (C=O) groups is 1. The number of rotatable bonds is 8. The van der Waals surface area contributed by atoms with Crippen LogP contribution >= 0.6 is 0 Å². The number of anilines is 1. The summed E-state index contributed by atoms with van der Waals surface area (Å²) < 4.78 is 10.5. The van der Waals surface area contributed by atoms with Gasteiger partial charge in [-0.05, 0) is 48.2 Å². The Kier molecular flexibility index (Phi) is 6.49. The molecule has 128 valence electrons. The summed E-state index contributed by atoms with van der Waals surface area (Å²) in [5.74, 6) is 1.41. The first-order valence-corrected chi connectivity index (χ1v) is 7.94. The van der Waals surface area contributed by atoms with Crippen molar-refractivity contribution in [1.29, 1.82) is 0 Å². The van der Waals surface area contributed by atoms with Crippen LogP contribution in [0.25, 0.3) is 0 Å². The number of amides is 1. The highest BCUT2D eigenvalue weighted by Gasteiger charge is 2.07. The molecule has 3 N–H and O–H groups in total. The normalized spacial score (nSPS) is 10.2. The molecular formula is C19H24N2O3. The number of aryl methyl sites for hydroxylation is 1. The zero-order valence-corrected chi connectivity index (χ0v) is 14.2. The zero-order valence-electron chi connectivity index (χ0n) is 14.2. The van der Waals surface area contributed by atoms with E-state index in [-0.39, 0.29) is 5.91 Å². The third kappa shape index (κ3) is 5.19. The Morgan fingerprint density at radius 3 is 2.29 bits per heavy atom. The van der Waals surface area contributed by atoms with Gasteiger partial charge in [0.2, 0.25) is 5.91 Å². The molecule has 0 saturated carbocycles. The van der Waals surface area contributed by atoms with E-state index in [1.165, 1.54) is 0 Å². The van der Waals surface area contributed by atoms with Crippen molar-refractivity contribution in [2.75, 3.05) is 26.5 Å². The lowest BCUT2D eigenvalue weighted by molar-refractivity contribution is -0.121. The average Bonchev–Trinajstić information content (AvgIpc) is 2.61. The summed E-state index contributed by atoms with van der Waals surface area (Å²) >= 11 is 0. The lowest BCUT2D eigenvalue weighted by Gasteiger charge is -2.10. The third-order valence-corrected chi connectivity index (χ3v) is 3.80. The van der Waals surface area contributed by atoms with Crippen molar-refractivity contribution in [3.8, 4) is 11.5 Å². The molecule has 24 heavy (non-hydrogen) atoms. The number of nitrogens with two attached hydrogens (primary N) is 1. The molecule has 0 bridgehead atoms. The van der Waals surface area contributed by atoms with Gasteiger partial charge < -0.3 is 20.5 Å². The summed E-state index contributed by atoms with van der Waals surface area (Å²) in [7, 11) is 3.21. The maximum Gasteiger partial charge on any atom is 0.220 e. The number of carbonyl (C=O) groups excluding carboxylic acids is 1. The van der Waals surface area contributed by atoms with Crippen molar-refractivity contribution >= 4 is 11.6 Å². The van der Waals surface area contributed by atoms with Gasteiger partial charge >= 0.3 is 0 Å². The van der Waals surface area contributed by atoms with E-state index < -0.39 is 0 Å². The molecular weight excluding hydrogens is 304 g/mol. The van der Waals surface area contributed by atoms with Crippen LogP contribution in [-0.4, -0.2) is 26.7 Å². The van der Waals surface area contributed by atoms with Gasteiger partial charge in [-0.2, -0.15) is 0 Å². The number of ether oxygens (including phenoxy) is 2.